The lowest BCUT2D eigenvalue weighted by molar-refractivity contribution is 0.136. The van der Waals surface area contributed by atoms with Crippen molar-refractivity contribution in [1.82, 2.24) is 0 Å². The molecule has 3 heteroatoms. The van der Waals surface area contributed by atoms with Gasteiger partial charge in [-0.05, 0) is 47.9 Å². The molecule has 118 valence electrons. The summed E-state index contributed by atoms with van der Waals surface area (Å²) in [6, 6.07) is 15.1. The predicted molar refractivity (Wildman–Crippen MR) is 95.1 cm³/mol. The normalized spacial score (nSPS) is 12.1. The highest BCUT2D eigenvalue weighted by Crippen LogP contribution is 2.30. The highest BCUT2D eigenvalue weighted by molar-refractivity contribution is 5.52. The van der Waals surface area contributed by atoms with Gasteiger partial charge in [-0.15, -0.1) is 0 Å². The summed E-state index contributed by atoms with van der Waals surface area (Å²) in [4.78, 5) is 4.22. The number of benzene rings is 2. The Morgan fingerprint density at radius 2 is 1.36 bits per heavy atom. The summed E-state index contributed by atoms with van der Waals surface area (Å²) in [5.74, 6) is 0. The number of hydrogen-bond donors (Lipinski definition) is 0. The molecule has 0 spiro atoms. The van der Waals surface area contributed by atoms with Gasteiger partial charge in [0.15, 0.2) is 0 Å². The summed E-state index contributed by atoms with van der Waals surface area (Å²) >= 11 is 0. The Morgan fingerprint density at radius 3 is 1.82 bits per heavy atom. The fraction of sp³-hybridized carbons (Fsp3) is 0.368. The molecule has 0 aliphatic heterocycles. The molecule has 22 heavy (non-hydrogen) atoms. The minimum absolute atomic E-state index is 0.0348. The van der Waals surface area contributed by atoms with Crippen LogP contribution in [0.4, 0.5) is 11.4 Å². The monoisotopic (exact) mass is 298 g/mol. The zero-order chi connectivity index (χ0) is 16.3. The number of ether oxygens (including phenoxy) is 1. The topological polar surface area (TPSA) is 15.7 Å². The third kappa shape index (κ3) is 3.42. The Kier molecular flexibility index (Phi) is 5.09. The first-order chi connectivity index (χ1) is 10.4. The molecule has 2 rings (SSSR count). The summed E-state index contributed by atoms with van der Waals surface area (Å²) in [6.45, 7) is 2.14. The third-order valence-corrected chi connectivity index (χ3v) is 4.00. The third-order valence-electron chi connectivity index (χ3n) is 4.00. The van der Waals surface area contributed by atoms with Crippen molar-refractivity contribution < 1.29 is 4.74 Å². The average Bonchev–Trinajstić information content (AvgIpc) is 2.49. The fourth-order valence-corrected chi connectivity index (χ4v) is 2.62. The van der Waals surface area contributed by atoms with Gasteiger partial charge in [-0.3, -0.25) is 0 Å². The lowest BCUT2D eigenvalue weighted by atomic mass is 9.96. The Bertz CT molecular complexity index is 618. The first-order valence-electron chi connectivity index (χ1n) is 7.52. The molecular weight excluding hydrogens is 272 g/mol. The van der Waals surface area contributed by atoms with Gasteiger partial charge < -0.3 is 14.5 Å². The van der Waals surface area contributed by atoms with Crippen molar-refractivity contribution in [1.29, 1.82) is 0 Å². The van der Waals surface area contributed by atoms with E-state index in [4.69, 9.17) is 4.74 Å². The largest absolute Gasteiger partial charge is 0.378 e. The molecule has 1 atom stereocenters. The van der Waals surface area contributed by atoms with Gasteiger partial charge in [0.25, 0.3) is 0 Å². The zero-order valence-electron chi connectivity index (χ0n) is 14.4. The second-order valence-electron chi connectivity index (χ2n) is 6.04. The minimum atomic E-state index is -0.0348. The van der Waals surface area contributed by atoms with Crippen molar-refractivity contribution >= 4 is 11.4 Å². The number of rotatable bonds is 5. The maximum Gasteiger partial charge on any atom is 0.107 e. The summed E-state index contributed by atoms with van der Waals surface area (Å²) in [5, 5.41) is 0. The van der Waals surface area contributed by atoms with E-state index in [2.05, 4.69) is 73.3 Å². The van der Waals surface area contributed by atoms with E-state index in [0.29, 0.717) is 0 Å². The number of anilines is 2. The quantitative estimate of drug-likeness (QED) is 0.833. The van der Waals surface area contributed by atoms with Gasteiger partial charge in [-0.1, -0.05) is 18.2 Å². The highest BCUT2D eigenvalue weighted by Gasteiger charge is 2.16. The second kappa shape index (κ2) is 6.84. The van der Waals surface area contributed by atoms with Gasteiger partial charge in [0.2, 0.25) is 0 Å². The second-order valence-corrected chi connectivity index (χ2v) is 6.04. The van der Waals surface area contributed by atoms with E-state index in [0.717, 1.165) is 0 Å². The van der Waals surface area contributed by atoms with Crippen LogP contribution in [0, 0.1) is 6.92 Å². The molecular formula is C19H26N2O. The first-order valence-corrected chi connectivity index (χ1v) is 7.52. The van der Waals surface area contributed by atoms with Crippen LogP contribution in [0.1, 0.15) is 22.8 Å². The molecule has 0 amide bonds. The number of nitrogens with zero attached hydrogens (tertiary/aromatic N) is 2. The van der Waals surface area contributed by atoms with Crippen LogP contribution in [-0.2, 0) is 4.74 Å². The van der Waals surface area contributed by atoms with Crippen LogP contribution in [-0.4, -0.2) is 35.3 Å². The molecule has 0 aliphatic rings. The maximum atomic E-state index is 5.78. The molecule has 0 radical (unpaired) electrons. The zero-order valence-corrected chi connectivity index (χ0v) is 14.4. The van der Waals surface area contributed by atoms with Gasteiger partial charge in [-0.2, -0.15) is 0 Å². The highest BCUT2D eigenvalue weighted by atomic mass is 16.5. The molecule has 0 N–H and O–H groups in total. The minimum Gasteiger partial charge on any atom is -0.378 e. The molecule has 3 nitrogen and oxygen atoms in total. The first kappa shape index (κ1) is 16.4. The van der Waals surface area contributed by atoms with Crippen LogP contribution in [0.2, 0.25) is 0 Å². The standard InChI is InChI=1S/C19H26N2O/c1-14-13-17(21(4)5)11-12-18(14)19(22-6)15-7-9-16(10-8-15)20(2)3/h7-13,19H,1-6H3. The number of methoxy groups -OCH3 is 1. The van der Waals surface area contributed by atoms with E-state index in [-0.39, 0.29) is 6.10 Å². The number of hydrogen-bond acceptors (Lipinski definition) is 3. The van der Waals surface area contributed by atoms with Crippen molar-refractivity contribution in [3.05, 3.63) is 59.2 Å². The van der Waals surface area contributed by atoms with Gasteiger partial charge in [0.05, 0.1) is 0 Å². The van der Waals surface area contributed by atoms with Crippen LogP contribution in [0.5, 0.6) is 0 Å². The Morgan fingerprint density at radius 1 is 0.818 bits per heavy atom. The van der Waals surface area contributed by atoms with E-state index in [1.165, 1.54) is 28.1 Å². The van der Waals surface area contributed by atoms with Gasteiger partial charge in [-0.25, -0.2) is 0 Å². The summed E-state index contributed by atoms with van der Waals surface area (Å²) in [7, 11) is 9.98. The summed E-state index contributed by atoms with van der Waals surface area (Å²) < 4.78 is 5.78. The molecule has 1 unspecified atom stereocenters. The summed E-state index contributed by atoms with van der Waals surface area (Å²) in [5.41, 5.74) is 6.03. The Labute approximate surface area is 134 Å². The van der Waals surface area contributed by atoms with Crippen LogP contribution < -0.4 is 9.80 Å². The van der Waals surface area contributed by atoms with E-state index in [1.54, 1.807) is 7.11 Å². The predicted octanol–water partition coefficient (Wildman–Crippen LogP) is 3.86. The van der Waals surface area contributed by atoms with E-state index in [9.17, 15) is 0 Å². The summed E-state index contributed by atoms with van der Waals surface area (Å²) in [6.07, 6.45) is -0.0348. The lowest BCUT2D eigenvalue weighted by Gasteiger charge is -2.22. The number of aryl methyl sites for hydroxylation is 1. The molecule has 0 aliphatic carbocycles. The average molecular weight is 298 g/mol. The molecule has 0 bridgehead atoms. The molecule has 0 heterocycles. The molecule has 0 fully saturated rings. The van der Waals surface area contributed by atoms with Gasteiger partial charge in [0.1, 0.15) is 6.10 Å². The lowest BCUT2D eigenvalue weighted by Crippen LogP contribution is -2.11. The maximum absolute atomic E-state index is 5.78. The molecule has 0 aromatic heterocycles. The van der Waals surface area contributed by atoms with Crippen LogP contribution in [0.3, 0.4) is 0 Å². The Hall–Kier alpha value is -2.00. The van der Waals surface area contributed by atoms with Gasteiger partial charge in [0, 0.05) is 46.7 Å². The molecule has 2 aromatic rings. The Balaban J connectivity index is 2.35. The van der Waals surface area contributed by atoms with E-state index in [1.807, 2.05) is 14.1 Å². The van der Waals surface area contributed by atoms with Crippen LogP contribution in [0.25, 0.3) is 0 Å². The van der Waals surface area contributed by atoms with Crippen molar-refractivity contribution in [2.24, 2.45) is 0 Å². The molecule has 0 saturated heterocycles. The van der Waals surface area contributed by atoms with Crippen molar-refractivity contribution in [3.8, 4) is 0 Å². The molecule has 2 aromatic carbocycles. The van der Waals surface area contributed by atoms with E-state index >= 15 is 0 Å². The van der Waals surface area contributed by atoms with Crippen molar-refractivity contribution in [2.75, 3.05) is 45.1 Å². The van der Waals surface area contributed by atoms with Crippen LogP contribution in [0.15, 0.2) is 42.5 Å². The van der Waals surface area contributed by atoms with Crippen molar-refractivity contribution in [3.63, 3.8) is 0 Å². The SMILES string of the molecule is COC(c1ccc(N(C)C)cc1)c1ccc(N(C)C)cc1C. The van der Waals surface area contributed by atoms with Gasteiger partial charge >= 0.3 is 0 Å². The van der Waals surface area contributed by atoms with Crippen molar-refractivity contribution in [2.45, 2.75) is 13.0 Å². The molecule has 0 saturated carbocycles. The smallest absolute Gasteiger partial charge is 0.107 e. The van der Waals surface area contributed by atoms with E-state index < -0.39 is 0 Å². The van der Waals surface area contributed by atoms with Crippen LogP contribution >= 0.6 is 0 Å². The fourth-order valence-electron chi connectivity index (χ4n) is 2.62.